The van der Waals surface area contributed by atoms with Crippen LogP contribution in [0.1, 0.15) is 53.7 Å². The molecule has 0 spiro atoms. The molecule has 0 saturated carbocycles. The number of aliphatic hydroxyl groups is 1. The second-order valence-corrected chi connectivity index (χ2v) is 8.64. The molecule has 3 rings (SSSR count). The predicted octanol–water partition coefficient (Wildman–Crippen LogP) is 5.31. The number of rotatable bonds is 7. The second kappa shape index (κ2) is 9.52. The van der Waals surface area contributed by atoms with E-state index in [2.05, 4.69) is 31.2 Å². The van der Waals surface area contributed by atoms with Crippen LogP contribution in [-0.4, -0.2) is 30.7 Å². The standard InChI is InChI=1S/C23H30O3S/c1-4-26-19-10-8-17(9-11-19)13-18-14-21(22(25-3)12-16(18)2)23-7-5-6-20(15-24)27-23/h8-12,14,20,23-24H,4-7,13,15H2,1-3H3/t20-,23+/m1/s1. The van der Waals surface area contributed by atoms with Crippen LogP contribution < -0.4 is 9.47 Å². The molecule has 1 heterocycles. The number of aliphatic hydroxyl groups excluding tert-OH is 1. The third-order valence-corrected chi connectivity index (χ3v) is 6.80. The number of benzene rings is 2. The normalized spacial score (nSPS) is 19.7. The number of hydrogen-bond donors (Lipinski definition) is 1. The van der Waals surface area contributed by atoms with E-state index in [-0.39, 0.29) is 6.61 Å². The summed E-state index contributed by atoms with van der Waals surface area (Å²) in [6.07, 6.45) is 4.30. The lowest BCUT2D eigenvalue weighted by Crippen LogP contribution is -2.17. The summed E-state index contributed by atoms with van der Waals surface area (Å²) >= 11 is 1.90. The molecule has 27 heavy (non-hydrogen) atoms. The van der Waals surface area contributed by atoms with Crippen molar-refractivity contribution in [2.24, 2.45) is 0 Å². The Morgan fingerprint density at radius 3 is 2.59 bits per heavy atom. The highest BCUT2D eigenvalue weighted by molar-refractivity contribution is 8.00. The molecular weight excluding hydrogens is 356 g/mol. The van der Waals surface area contributed by atoms with Crippen molar-refractivity contribution in [3.8, 4) is 11.5 Å². The SMILES string of the molecule is CCOc1ccc(Cc2cc([C@@H]3CCC[C@H](CO)S3)c(OC)cc2C)cc1. The predicted molar refractivity (Wildman–Crippen MR) is 113 cm³/mol. The third-order valence-electron chi connectivity index (χ3n) is 5.22. The zero-order chi connectivity index (χ0) is 19.2. The number of ether oxygens (including phenoxy) is 2. The fourth-order valence-electron chi connectivity index (χ4n) is 3.72. The van der Waals surface area contributed by atoms with E-state index in [4.69, 9.17) is 9.47 Å². The van der Waals surface area contributed by atoms with E-state index in [0.717, 1.165) is 37.2 Å². The van der Waals surface area contributed by atoms with Gasteiger partial charge in [0.25, 0.3) is 0 Å². The lowest BCUT2D eigenvalue weighted by atomic mass is 9.94. The number of aryl methyl sites for hydroxylation is 1. The summed E-state index contributed by atoms with van der Waals surface area (Å²) in [4.78, 5) is 0. The summed E-state index contributed by atoms with van der Waals surface area (Å²) < 4.78 is 11.2. The average Bonchev–Trinajstić information content (AvgIpc) is 2.70. The minimum atomic E-state index is 0.258. The summed E-state index contributed by atoms with van der Waals surface area (Å²) in [5.74, 6) is 1.89. The highest BCUT2D eigenvalue weighted by Gasteiger charge is 2.26. The van der Waals surface area contributed by atoms with Crippen LogP contribution in [0.25, 0.3) is 0 Å². The topological polar surface area (TPSA) is 38.7 Å². The fourth-order valence-corrected chi connectivity index (χ4v) is 5.20. The molecule has 1 saturated heterocycles. The van der Waals surface area contributed by atoms with Gasteiger partial charge in [-0.05, 0) is 68.0 Å². The first-order valence-corrected chi connectivity index (χ1v) is 10.7. The lowest BCUT2D eigenvalue weighted by Gasteiger charge is -2.29. The Labute approximate surface area is 167 Å². The number of thioether (sulfide) groups is 1. The molecule has 1 aliphatic rings. The van der Waals surface area contributed by atoms with Crippen molar-refractivity contribution >= 4 is 11.8 Å². The van der Waals surface area contributed by atoms with Gasteiger partial charge in [-0.2, -0.15) is 0 Å². The van der Waals surface area contributed by atoms with Gasteiger partial charge in [-0.1, -0.05) is 24.6 Å². The average molecular weight is 387 g/mol. The summed E-state index contributed by atoms with van der Waals surface area (Å²) in [5, 5.41) is 10.3. The van der Waals surface area contributed by atoms with Gasteiger partial charge in [-0.15, -0.1) is 11.8 Å². The van der Waals surface area contributed by atoms with Gasteiger partial charge in [-0.25, -0.2) is 0 Å². The Balaban J connectivity index is 1.85. The van der Waals surface area contributed by atoms with Crippen molar-refractivity contribution in [2.75, 3.05) is 20.3 Å². The lowest BCUT2D eigenvalue weighted by molar-refractivity contribution is 0.285. The van der Waals surface area contributed by atoms with E-state index >= 15 is 0 Å². The molecule has 0 aromatic heterocycles. The van der Waals surface area contributed by atoms with E-state index in [1.165, 1.54) is 22.3 Å². The molecule has 0 amide bonds. The minimum Gasteiger partial charge on any atom is -0.496 e. The molecule has 1 N–H and O–H groups in total. The van der Waals surface area contributed by atoms with Crippen LogP contribution in [0.2, 0.25) is 0 Å². The summed E-state index contributed by atoms with van der Waals surface area (Å²) in [5.41, 5.74) is 5.14. The molecule has 4 heteroatoms. The van der Waals surface area contributed by atoms with Gasteiger partial charge < -0.3 is 14.6 Å². The third kappa shape index (κ3) is 4.99. The summed E-state index contributed by atoms with van der Waals surface area (Å²) in [6, 6.07) is 12.9. The van der Waals surface area contributed by atoms with E-state index in [1.54, 1.807) is 7.11 Å². The number of hydrogen-bond acceptors (Lipinski definition) is 4. The Bertz CT molecular complexity index is 742. The number of methoxy groups -OCH3 is 1. The molecule has 0 radical (unpaired) electrons. The van der Waals surface area contributed by atoms with Crippen molar-refractivity contribution < 1.29 is 14.6 Å². The molecule has 1 fully saturated rings. The van der Waals surface area contributed by atoms with Crippen LogP contribution in [0.15, 0.2) is 36.4 Å². The maximum absolute atomic E-state index is 9.57. The van der Waals surface area contributed by atoms with Crippen LogP contribution in [0.4, 0.5) is 0 Å². The van der Waals surface area contributed by atoms with Crippen LogP contribution >= 0.6 is 11.8 Å². The summed E-state index contributed by atoms with van der Waals surface area (Å²) in [6.45, 7) is 5.10. The monoisotopic (exact) mass is 386 g/mol. The van der Waals surface area contributed by atoms with E-state index in [0.29, 0.717) is 17.1 Å². The molecule has 0 unspecified atom stereocenters. The highest BCUT2D eigenvalue weighted by atomic mass is 32.2. The van der Waals surface area contributed by atoms with Crippen molar-refractivity contribution in [1.29, 1.82) is 0 Å². The van der Waals surface area contributed by atoms with Gasteiger partial charge >= 0.3 is 0 Å². The van der Waals surface area contributed by atoms with E-state index < -0.39 is 0 Å². The van der Waals surface area contributed by atoms with Gasteiger partial charge in [0, 0.05) is 16.1 Å². The fraction of sp³-hybridized carbons (Fsp3) is 0.478. The van der Waals surface area contributed by atoms with Gasteiger partial charge in [0.05, 0.1) is 20.3 Å². The Morgan fingerprint density at radius 2 is 1.93 bits per heavy atom. The maximum atomic E-state index is 9.57. The van der Waals surface area contributed by atoms with Gasteiger partial charge in [-0.3, -0.25) is 0 Å². The Kier molecular flexibility index (Phi) is 7.08. The first-order valence-electron chi connectivity index (χ1n) is 9.80. The van der Waals surface area contributed by atoms with Crippen LogP contribution in [0, 0.1) is 6.92 Å². The minimum absolute atomic E-state index is 0.258. The van der Waals surface area contributed by atoms with Crippen molar-refractivity contribution in [3.05, 3.63) is 58.7 Å². The van der Waals surface area contributed by atoms with E-state index in [1.807, 2.05) is 30.8 Å². The maximum Gasteiger partial charge on any atom is 0.123 e. The van der Waals surface area contributed by atoms with Crippen LogP contribution in [-0.2, 0) is 6.42 Å². The largest absolute Gasteiger partial charge is 0.496 e. The van der Waals surface area contributed by atoms with Gasteiger partial charge in [0.1, 0.15) is 11.5 Å². The van der Waals surface area contributed by atoms with Crippen LogP contribution in [0.5, 0.6) is 11.5 Å². The molecule has 0 aliphatic carbocycles. The molecule has 0 bridgehead atoms. The zero-order valence-electron chi connectivity index (χ0n) is 16.5. The quantitative estimate of drug-likeness (QED) is 0.700. The van der Waals surface area contributed by atoms with Crippen molar-refractivity contribution in [1.82, 2.24) is 0 Å². The molecule has 146 valence electrons. The van der Waals surface area contributed by atoms with E-state index in [9.17, 15) is 5.11 Å². The smallest absolute Gasteiger partial charge is 0.123 e. The van der Waals surface area contributed by atoms with Crippen molar-refractivity contribution in [2.45, 2.75) is 50.0 Å². The first kappa shape index (κ1) is 20.1. The van der Waals surface area contributed by atoms with Crippen LogP contribution in [0.3, 0.4) is 0 Å². The molecule has 2 atom stereocenters. The first-order chi connectivity index (χ1) is 13.1. The Hall–Kier alpha value is -1.65. The van der Waals surface area contributed by atoms with Gasteiger partial charge in [0.15, 0.2) is 0 Å². The molecule has 3 nitrogen and oxygen atoms in total. The molecule has 2 aromatic carbocycles. The molecule has 1 aliphatic heterocycles. The zero-order valence-corrected chi connectivity index (χ0v) is 17.3. The molecule has 2 aromatic rings. The summed E-state index contributed by atoms with van der Waals surface area (Å²) in [7, 11) is 1.75. The second-order valence-electron chi connectivity index (χ2n) is 7.13. The van der Waals surface area contributed by atoms with Gasteiger partial charge in [0.2, 0.25) is 0 Å². The molecular formula is C23H30O3S. The highest BCUT2D eigenvalue weighted by Crippen LogP contribution is 2.46. The Morgan fingerprint density at radius 1 is 1.15 bits per heavy atom. The van der Waals surface area contributed by atoms with Crippen molar-refractivity contribution in [3.63, 3.8) is 0 Å².